The van der Waals surface area contributed by atoms with E-state index in [-0.39, 0.29) is 12.0 Å². The van der Waals surface area contributed by atoms with E-state index < -0.39 is 0 Å². The molecule has 18 heavy (non-hydrogen) atoms. The first kappa shape index (κ1) is 13.5. The van der Waals surface area contributed by atoms with Crippen molar-refractivity contribution in [3.63, 3.8) is 0 Å². The molecule has 1 saturated heterocycles. The summed E-state index contributed by atoms with van der Waals surface area (Å²) in [4.78, 5) is 2.39. The van der Waals surface area contributed by atoms with Crippen LogP contribution in [0.5, 0.6) is 0 Å². The van der Waals surface area contributed by atoms with Gasteiger partial charge in [0.15, 0.2) is 0 Å². The Morgan fingerprint density at radius 3 is 2.67 bits per heavy atom. The topological polar surface area (TPSA) is 32.7 Å². The van der Waals surface area contributed by atoms with E-state index >= 15 is 0 Å². The summed E-state index contributed by atoms with van der Waals surface area (Å²) in [6.45, 7) is 6.71. The summed E-state index contributed by atoms with van der Waals surface area (Å²) in [5.41, 5.74) is 1.27. The van der Waals surface area contributed by atoms with E-state index in [0.717, 1.165) is 32.7 Å². The SMILES string of the molecule is CCN(Cc1ccccc1)CC1(CO)CCOC1. The zero-order chi connectivity index (χ0) is 12.8. The molecule has 0 spiro atoms. The molecule has 2 rings (SSSR count). The maximum absolute atomic E-state index is 9.62. The number of benzene rings is 1. The van der Waals surface area contributed by atoms with Crippen molar-refractivity contribution in [3.05, 3.63) is 35.9 Å². The number of rotatable bonds is 6. The molecule has 1 atom stereocenters. The van der Waals surface area contributed by atoms with E-state index in [1.807, 2.05) is 6.07 Å². The molecule has 1 N–H and O–H groups in total. The predicted molar refractivity (Wildman–Crippen MR) is 72.3 cm³/mol. The van der Waals surface area contributed by atoms with Crippen molar-refractivity contribution in [3.8, 4) is 0 Å². The van der Waals surface area contributed by atoms with Gasteiger partial charge in [-0.3, -0.25) is 4.90 Å². The first-order chi connectivity index (χ1) is 8.78. The molecule has 1 aliphatic heterocycles. The maximum Gasteiger partial charge on any atom is 0.0557 e. The van der Waals surface area contributed by atoms with E-state index in [4.69, 9.17) is 4.74 Å². The Morgan fingerprint density at radius 2 is 2.11 bits per heavy atom. The van der Waals surface area contributed by atoms with Crippen molar-refractivity contribution in [1.29, 1.82) is 0 Å². The van der Waals surface area contributed by atoms with Crippen molar-refractivity contribution >= 4 is 0 Å². The number of aliphatic hydroxyl groups is 1. The van der Waals surface area contributed by atoms with E-state index in [2.05, 4.69) is 36.1 Å². The van der Waals surface area contributed by atoms with Crippen LogP contribution in [0.3, 0.4) is 0 Å². The van der Waals surface area contributed by atoms with Gasteiger partial charge in [-0.1, -0.05) is 37.3 Å². The molecule has 0 aromatic heterocycles. The molecule has 1 aromatic carbocycles. The monoisotopic (exact) mass is 249 g/mol. The van der Waals surface area contributed by atoms with Gasteiger partial charge in [0.1, 0.15) is 0 Å². The summed E-state index contributed by atoms with van der Waals surface area (Å²) < 4.78 is 5.46. The van der Waals surface area contributed by atoms with Gasteiger partial charge in [-0.05, 0) is 18.5 Å². The Morgan fingerprint density at radius 1 is 1.33 bits per heavy atom. The molecule has 1 unspecified atom stereocenters. The van der Waals surface area contributed by atoms with Crippen LogP contribution in [0.25, 0.3) is 0 Å². The van der Waals surface area contributed by atoms with Gasteiger partial charge in [0.25, 0.3) is 0 Å². The van der Waals surface area contributed by atoms with Crippen LogP contribution in [0, 0.1) is 5.41 Å². The average Bonchev–Trinajstić information content (AvgIpc) is 2.88. The van der Waals surface area contributed by atoms with Crippen molar-refractivity contribution < 1.29 is 9.84 Å². The number of aliphatic hydroxyl groups excluding tert-OH is 1. The number of ether oxygens (including phenoxy) is 1. The highest BCUT2D eigenvalue weighted by Crippen LogP contribution is 2.29. The minimum Gasteiger partial charge on any atom is -0.396 e. The molecule has 100 valence electrons. The van der Waals surface area contributed by atoms with Crippen LogP contribution >= 0.6 is 0 Å². The van der Waals surface area contributed by atoms with Crippen molar-refractivity contribution in [2.45, 2.75) is 19.9 Å². The van der Waals surface area contributed by atoms with Gasteiger partial charge in [-0.25, -0.2) is 0 Å². The van der Waals surface area contributed by atoms with Gasteiger partial charge < -0.3 is 9.84 Å². The normalized spacial score (nSPS) is 23.7. The van der Waals surface area contributed by atoms with Gasteiger partial charge >= 0.3 is 0 Å². The lowest BCUT2D eigenvalue weighted by Crippen LogP contribution is -2.40. The summed E-state index contributed by atoms with van der Waals surface area (Å²) in [6, 6.07) is 10.5. The van der Waals surface area contributed by atoms with Gasteiger partial charge in [0.2, 0.25) is 0 Å². The van der Waals surface area contributed by atoms with Crippen LogP contribution in [0.4, 0.5) is 0 Å². The van der Waals surface area contributed by atoms with E-state index in [0.29, 0.717) is 6.61 Å². The van der Waals surface area contributed by atoms with Crippen LogP contribution in [0.2, 0.25) is 0 Å². The molecule has 1 heterocycles. The molecule has 1 aliphatic rings. The molecule has 1 fully saturated rings. The highest BCUT2D eigenvalue weighted by atomic mass is 16.5. The molecule has 0 amide bonds. The van der Waals surface area contributed by atoms with Gasteiger partial charge in [0.05, 0.1) is 13.2 Å². The molecular weight excluding hydrogens is 226 g/mol. The average molecular weight is 249 g/mol. The van der Waals surface area contributed by atoms with Gasteiger partial charge in [-0.2, -0.15) is 0 Å². The fourth-order valence-electron chi connectivity index (χ4n) is 2.54. The standard InChI is InChI=1S/C15H23NO2/c1-2-16(10-14-6-4-3-5-7-14)11-15(12-17)8-9-18-13-15/h3-7,17H,2,8-13H2,1H3. The molecule has 0 radical (unpaired) electrons. The van der Waals surface area contributed by atoms with Crippen molar-refractivity contribution in [2.24, 2.45) is 5.41 Å². The second-order valence-corrected chi connectivity index (χ2v) is 5.25. The van der Waals surface area contributed by atoms with Crippen LogP contribution in [0.15, 0.2) is 30.3 Å². The van der Waals surface area contributed by atoms with Crippen LogP contribution in [-0.4, -0.2) is 42.9 Å². The Bertz CT molecular complexity index is 347. The highest BCUT2D eigenvalue weighted by molar-refractivity contribution is 5.14. The highest BCUT2D eigenvalue weighted by Gasteiger charge is 2.35. The lowest BCUT2D eigenvalue weighted by molar-refractivity contribution is 0.0558. The Labute approximate surface area is 109 Å². The summed E-state index contributed by atoms with van der Waals surface area (Å²) >= 11 is 0. The van der Waals surface area contributed by atoms with Crippen LogP contribution < -0.4 is 0 Å². The Kier molecular flexibility index (Phi) is 4.75. The molecular formula is C15H23NO2. The lowest BCUT2D eigenvalue weighted by Gasteiger charge is -2.32. The Hall–Kier alpha value is -0.900. The lowest BCUT2D eigenvalue weighted by atomic mass is 9.87. The summed E-state index contributed by atoms with van der Waals surface area (Å²) in [5.74, 6) is 0. The summed E-state index contributed by atoms with van der Waals surface area (Å²) in [7, 11) is 0. The number of hydrogen-bond acceptors (Lipinski definition) is 3. The third-order valence-electron chi connectivity index (χ3n) is 3.78. The minimum atomic E-state index is -0.0508. The van der Waals surface area contributed by atoms with Crippen molar-refractivity contribution in [1.82, 2.24) is 4.90 Å². The van der Waals surface area contributed by atoms with Crippen LogP contribution in [-0.2, 0) is 11.3 Å². The quantitative estimate of drug-likeness (QED) is 0.836. The minimum absolute atomic E-state index is 0.0508. The van der Waals surface area contributed by atoms with E-state index in [1.54, 1.807) is 0 Å². The summed E-state index contributed by atoms with van der Waals surface area (Å²) in [5, 5.41) is 9.62. The first-order valence-electron chi connectivity index (χ1n) is 6.73. The van der Waals surface area contributed by atoms with E-state index in [1.165, 1.54) is 5.56 Å². The third kappa shape index (κ3) is 3.31. The molecule has 3 heteroatoms. The molecule has 1 aromatic rings. The predicted octanol–water partition coefficient (Wildman–Crippen LogP) is 1.91. The number of hydrogen-bond donors (Lipinski definition) is 1. The van der Waals surface area contributed by atoms with E-state index in [9.17, 15) is 5.11 Å². The van der Waals surface area contributed by atoms with Gasteiger partial charge in [0, 0.05) is 25.1 Å². The summed E-state index contributed by atoms with van der Waals surface area (Å²) in [6.07, 6.45) is 0.967. The molecule has 0 bridgehead atoms. The second kappa shape index (κ2) is 6.32. The third-order valence-corrected chi connectivity index (χ3v) is 3.78. The zero-order valence-corrected chi connectivity index (χ0v) is 11.1. The molecule has 0 saturated carbocycles. The Balaban J connectivity index is 1.96. The van der Waals surface area contributed by atoms with Crippen LogP contribution in [0.1, 0.15) is 18.9 Å². The first-order valence-corrected chi connectivity index (χ1v) is 6.73. The number of nitrogens with zero attached hydrogens (tertiary/aromatic N) is 1. The smallest absolute Gasteiger partial charge is 0.0557 e. The zero-order valence-electron chi connectivity index (χ0n) is 11.1. The fourth-order valence-corrected chi connectivity index (χ4v) is 2.54. The largest absolute Gasteiger partial charge is 0.396 e. The van der Waals surface area contributed by atoms with Crippen molar-refractivity contribution in [2.75, 3.05) is 32.9 Å². The fraction of sp³-hybridized carbons (Fsp3) is 0.600. The van der Waals surface area contributed by atoms with Gasteiger partial charge in [-0.15, -0.1) is 0 Å². The molecule has 0 aliphatic carbocycles. The second-order valence-electron chi connectivity index (χ2n) is 5.25. The maximum atomic E-state index is 9.62. The molecule has 3 nitrogen and oxygen atoms in total.